The van der Waals surface area contributed by atoms with Crippen LogP contribution in [0.15, 0.2) is 24.3 Å². The summed E-state index contributed by atoms with van der Waals surface area (Å²) in [5.41, 5.74) is 10.4. The molecule has 0 amide bonds. The summed E-state index contributed by atoms with van der Waals surface area (Å²) in [7, 11) is 0. The van der Waals surface area contributed by atoms with E-state index < -0.39 is 23.9 Å². The summed E-state index contributed by atoms with van der Waals surface area (Å²) in [6.45, 7) is 1.82. The number of unbranched alkanes of at least 4 members (excludes halogenated alkanes) is 1. The summed E-state index contributed by atoms with van der Waals surface area (Å²) >= 11 is 0. The third-order valence-electron chi connectivity index (χ3n) is 2.66. The molecule has 0 heterocycles. The molecule has 1 aromatic carbocycles. The van der Waals surface area contributed by atoms with Crippen LogP contribution in [0.5, 0.6) is 5.75 Å². The lowest BCUT2D eigenvalue weighted by Crippen LogP contribution is -2.29. The van der Waals surface area contributed by atoms with Crippen molar-refractivity contribution in [3.8, 4) is 5.75 Å². The first-order valence-corrected chi connectivity index (χ1v) is 6.98. The number of carbonyl (C=O) groups excluding carboxylic acids is 1. The fraction of sp³-hybridized carbons (Fsp3) is 0.400. The van der Waals surface area contributed by atoms with Gasteiger partial charge in [-0.05, 0) is 31.5 Å². The van der Waals surface area contributed by atoms with Gasteiger partial charge in [0.1, 0.15) is 17.4 Å². The number of rotatable bonds is 7. The van der Waals surface area contributed by atoms with Crippen molar-refractivity contribution >= 4 is 17.9 Å². The molecular formula is C15H22N2O6. The second kappa shape index (κ2) is 11.2. The Bertz CT molecular complexity index is 532. The molecule has 0 saturated heterocycles. The van der Waals surface area contributed by atoms with Gasteiger partial charge in [-0.15, -0.1) is 0 Å². The highest BCUT2D eigenvalue weighted by Gasteiger charge is 2.11. The molecule has 128 valence electrons. The topological polar surface area (TPSA) is 153 Å². The third kappa shape index (κ3) is 9.22. The minimum atomic E-state index is -1.11. The minimum Gasteiger partial charge on any atom is -0.480 e. The number of ether oxygens (including phenoxy) is 1. The summed E-state index contributed by atoms with van der Waals surface area (Å²) in [4.78, 5) is 31.3. The van der Waals surface area contributed by atoms with Crippen LogP contribution in [0.3, 0.4) is 0 Å². The van der Waals surface area contributed by atoms with Gasteiger partial charge in [0.15, 0.2) is 0 Å². The second-order valence-electron chi connectivity index (χ2n) is 4.62. The SMILES string of the molecule is CC(=O)Oc1ccccc1C(=O)O.NCCCC[C@@H](N)C(=O)O. The van der Waals surface area contributed by atoms with Gasteiger partial charge < -0.3 is 26.4 Å². The van der Waals surface area contributed by atoms with E-state index in [-0.39, 0.29) is 11.3 Å². The van der Waals surface area contributed by atoms with Gasteiger partial charge in [0.25, 0.3) is 0 Å². The molecular weight excluding hydrogens is 304 g/mol. The lowest BCUT2D eigenvalue weighted by Gasteiger charge is -2.03. The first kappa shape index (κ1) is 20.6. The lowest BCUT2D eigenvalue weighted by atomic mass is 10.1. The lowest BCUT2D eigenvalue weighted by molar-refractivity contribution is -0.138. The van der Waals surface area contributed by atoms with Gasteiger partial charge >= 0.3 is 17.9 Å². The summed E-state index contributed by atoms with van der Waals surface area (Å²) in [6.07, 6.45) is 2.16. The molecule has 0 aromatic heterocycles. The number of esters is 1. The fourth-order valence-electron chi connectivity index (χ4n) is 1.52. The molecule has 1 aromatic rings. The predicted molar refractivity (Wildman–Crippen MR) is 83.2 cm³/mol. The standard InChI is InChI=1S/C9H8O4.C6H14N2O2/c1-6(10)13-8-5-3-2-4-7(8)9(11)12;7-4-2-1-3-5(8)6(9)10/h2-5H,1H3,(H,11,12);5H,1-4,7-8H2,(H,9,10)/t;5-/m.1/s1. The quantitative estimate of drug-likeness (QED) is 0.326. The molecule has 6 N–H and O–H groups in total. The van der Waals surface area contributed by atoms with E-state index in [2.05, 4.69) is 4.74 Å². The van der Waals surface area contributed by atoms with Gasteiger partial charge in [-0.3, -0.25) is 9.59 Å². The molecule has 0 aliphatic rings. The first-order chi connectivity index (χ1) is 10.8. The molecule has 0 aliphatic carbocycles. The Morgan fingerprint density at radius 1 is 1.17 bits per heavy atom. The van der Waals surface area contributed by atoms with E-state index in [9.17, 15) is 14.4 Å². The van der Waals surface area contributed by atoms with E-state index in [1.165, 1.54) is 19.1 Å². The van der Waals surface area contributed by atoms with Crippen LogP contribution < -0.4 is 16.2 Å². The zero-order chi connectivity index (χ0) is 17.8. The molecule has 23 heavy (non-hydrogen) atoms. The molecule has 0 fully saturated rings. The Labute approximate surface area is 134 Å². The van der Waals surface area contributed by atoms with Crippen molar-refractivity contribution in [2.24, 2.45) is 11.5 Å². The zero-order valence-corrected chi connectivity index (χ0v) is 12.9. The van der Waals surface area contributed by atoms with Crippen LogP contribution in [-0.2, 0) is 9.59 Å². The van der Waals surface area contributed by atoms with E-state index in [1.807, 2.05) is 0 Å². The van der Waals surface area contributed by atoms with Gasteiger partial charge in [0.05, 0.1) is 0 Å². The maximum atomic E-state index is 10.6. The van der Waals surface area contributed by atoms with E-state index in [4.69, 9.17) is 21.7 Å². The molecule has 0 bridgehead atoms. The zero-order valence-electron chi connectivity index (χ0n) is 12.9. The van der Waals surface area contributed by atoms with Crippen LogP contribution in [0.2, 0.25) is 0 Å². The minimum absolute atomic E-state index is 0.0160. The number of nitrogens with two attached hydrogens (primary N) is 2. The van der Waals surface area contributed by atoms with Gasteiger partial charge in [-0.1, -0.05) is 18.6 Å². The van der Waals surface area contributed by atoms with Crippen molar-refractivity contribution in [1.29, 1.82) is 0 Å². The number of carboxylic acids is 2. The Morgan fingerprint density at radius 2 is 1.78 bits per heavy atom. The van der Waals surface area contributed by atoms with Crippen molar-refractivity contribution in [1.82, 2.24) is 0 Å². The van der Waals surface area contributed by atoms with E-state index >= 15 is 0 Å². The third-order valence-corrected chi connectivity index (χ3v) is 2.66. The molecule has 1 rings (SSSR count). The average Bonchev–Trinajstić information content (AvgIpc) is 2.47. The second-order valence-corrected chi connectivity index (χ2v) is 4.62. The molecule has 1 atom stereocenters. The summed E-state index contributed by atoms with van der Waals surface area (Å²) in [6, 6.07) is 5.26. The van der Waals surface area contributed by atoms with Gasteiger partial charge in [-0.2, -0.15) is 0 Å². The number of para-hydroxylation sites is 1. The van der Waals surface area contributed by atoms with E-state index in [0.29, 0.717) is 13.0 Å². The van der Waals surface area contributed by atoms with Crippen molar-refractivity contribution in [3.05, 3.63) is 29.8 Å². The Balaban J connectivity index is 0.000000438. The highest BCUT2D eigenvalue weighted by atomic mass is 16.5. The molecule has 0 aliphatic heterocycles. The predicted octanol–water partition coefficient (Wildman–Crippen LogP) is 0.837. The largest absolute Gasteiger partial charge is 0.480 e. The number of carboxylic acid groups (broad SMARTS) is 2. The number of benzene rings is 1. The number of carbonyl (C=O) groups is 3. The molecule has 8 heteroatoms. The summed E-state index contributed by atoms with van der Waals surface area (Å²) in [5.74, 6) is -2.51. The van der Waals surface area contributed by atoms with Crippen molar-refractivity contribution in [2.45, 2.75) is 32.2 Å². The first-order valence-electron chi connectivity index (χ1n) is 6.98. The Morgan fingerprint density at radius 3 is 2.26 bits per heavy atom. The molecule has 8 nitrogen and oxygen atoms in total. The van der Waals surface area contributed by atoms with Crippen LogP contribution in [0, 0.1) is 0 Å². The van der Waals surface area contributed by atoms with Crippen LogP contribution in [0.25, 0.3) is 0 Å². The van der Waals surface area contributed by atoms with E-state index in [0.717, 1.165) is 12.8 Å². The average molecular weight is 326 g/mol. The molecule has 0 spiro atoms. The summed E-state index contributed by atoms with van der Waals surface area (Å²) < 4.78 is 4.69. The highest BCUT2D eigenvalue weighted by molar-refractivity contribution is 5.91. The molecule has 0 unspecified atom stereocenters. The normalized spacial score (nSPS) is 10.9. The van der Waals surface area contributed by atoms with Gasteiger partial charge in [0, 0.05) is 6.92 Å². The number of hydrogen-bond donors (Lipinski definition) is 4. The van der Waals surface area contributed by atoms with Crippen LogP contribution >= 0.6 is 0 Å². The molecule has 0 saturated carbocycles. The number of hydrogen-bond acceptors (Lipinski definition) is 6. The maximum absolute atomic E-state index is 10.6. The van der Waals surface area contributed by atoms with Crippen LogP contribution in [0.1, 0.15) is 36.5 Å². The monoisotopic (exact) mass is 326 g/mol. The summed E-state index contributed by atoms with van der Waals surface area (Å²) in [5, 5.41) is 17.0. The van der Waals surface area contributed by atoms with Crippen molar-refractivity contribution in [3.63, 3.8) is 0 Å². The van der Waals surface area contributed by atoms with Crippen molar-refractivity contribution in [2.75, 3.05) is 6.54 Å². The number of aromatic carboxylic acids is 1. The smallest absolute Gasteiger partial charge is 0.339 e. The Hall–Kier alpha value is -2.45. The number of aliphatic carboxylic acids is 1. The maximum Gasteiger partial charge on any atom is 0.339 e. The highest BCUT2D eigenvalue weighted by Crippen LogP contribution is 2.17. The van der Waals surface area contributed by atoms with Crippen molar-refractivity contribution < 1.29 is 29.3 Å². The van der Waals surface area contributed by atoms with Crippen LogP contribution in [0.4, 0.5) is 0 Å². The van der Waals surface area contributed by atoms with E-state index in [1.54, 1.807) is 12.1 Å². The van der Waals surface area contributed by atoms with Crippen LogP contribution in [-0.4, -0.2) is 40.7 Å². The van der Waals surface area contributed by atoms with Gasteiger partial charge in [0.2, 0.25) is 0 Å². The van der Waals surface area contributed by atoms with Gasteiger partial charge in [-0.25, -0.2) is 4.79 Å². The molecule has 0 radical (unpaired) electrons. The fourth-order valence-corrected chi connectivity index (χ4v) is 1.52. The Kier molecular flexibility index (Phi) is 9.97.